The Morgan fingerprint density at radius 3 is 2.94 bits per heavy atom. The molecule has 0 aliphatic heterocycles. The zero-order valence-corrected chi connectivity index (χ0v) is 10.4. The average molecular weight is 251 g/mol. The molecule has 90 valence electrons. The van der Waals surface area contributed by atoms with E-state index in [1.165, 1.54) is 0 Å². The number of halogens is 1. The molecule has 1 heterocycles. The molecular formula is C13H15ClN2O. The van der Waals surface area contributed by atoms with Crippen molar-refractivity contribution in [3.63, 3.8) is 0 Å². The van der Waals surface area contributed by atoms with Gasteiger partial charge in [-0.3, -0.25) is 0 Å². The number of nitrogens with two attached hydrogens (primary N) is 1. The molecule has 0 spiro atoms. The van der Waals surface area contributed by atoms with Crippen molar-refractivity contribution in [2.75, 3.05) is 0 Å². The van der Waals surface area contributed by atoms with Gasteiger partial charge in [0.2, 0.25) is 0 Å². The molecular weight excluding hydrogens is 236 g/mol. The van der Waals surface area contributed by atoms with Crippen LogP contribution in [0.15, 0.2) is 34.9 Å². The average Bonchev–Trinajstić information content (AvgIpc) is 2.78. The van der Waals surface area contributed by atoms with Gasteiger partial charge in [0.25, 0.3) is 0 Å². The first kappa shape index (κ1) is 12.1. The van der Waals surface area contributed by atoms with Crippen molar-refractivity contribution in [2.45, 2.75) is 25.8 Å². The maximum atomic E-state index is 5.97. The largest absolute Gasteiger partial charge is 0.359 e. The van der Waals surface area contributed by atoms with Gasteiger partial charge in [0.1, 0.15) is 5.69 Å². The molecule has 0 aliphatic rings. The zero-order valence-electron chi connectivity index (χ0n) is 9.69. The van der Waals surface area contributed by atoms with Crippen molar-refractivity contribution in [2.24, 2.45) is 5.73 Å². The Bertz CT molecular complexity index is 496. The summed E-state index contributed by atoms with van der Waals surface area (Å²) in [5.41, 5.74) is 7.68. The van der Waals surface area contributed by atoms with Crippen LogP contribution in [0.1, 0.15) is 31.6 Å². The van der Waals surface area contributed by atoms with E-state index in [4.69, 9.17) is 21.9 Å². The third kappa shape index (κ3) is 2.87. The molecule has 2 rings (SSSR count). The predicted molar refractivity (Wildman–Crippen MR) is 68.8 cm³/mol. The fourth-order valence-corrected chi connectivity index (χ4v) is 1.89. The molecule has 0 saturated carbocycles. The van der Waals surface area contributed by atoms with Crippen LogP contribution in [0.25, 0.3) is 11.3 Å². The van der Waals surface area contributed by atoms with Gasteiger partial charge in [-0.05, 0) is 18.6 Å². The number of aromatic nitrogens is 1. The van der Waals surface area contributed by atoms with Gasteiger partial charge in [-0.15, -0.1) is 0 Å². The van der Waals surface area contributed by atoms with Gasteiger partial charge >= 0.3 is 0 Å². The van der Waals surface area contributed by atoms with Gasteiger partial charge in [0.05, 0.1) is 6.04 Å². The highest BCUT2D eigenvalue weighted by molar-refractivity contribution is 6.30. The fraction of sp³-hybridized carbons (Fsp3) is 0.308. The van der Waals surface area contributed by atoms with Crippen LogP contribution in [0.3, 0.4) is 0 Å². The van der Waals surface area contributed by atoms with E-state index in [9.17, 15) is 0 Å². The molecule has 1 aromatic heterocycles. The highest BCUT2D eigenvalue weighted by Gasteiger charge is 2.12. The molecule has 2 aromatic rings. The summed E-state index contributed by atoms with van der Waals surface area (Å²) < 4.78 is 5.26. The van der Waals surface area contributed by atoms with Crippen LogP contribution < -0.4 is 5.73 Å². The molecule has 0 fully saturated rings. The van der Waals surface area contributed by atoms with Gasteiger partial charge in [0.15, 0.2) is 5.76 Å². The lowest BCUT2D eigenvalue weighted by Gasteiger charge is -2.03. The van der Waals surface area contributed by atoms with Gasteiger partial charge in [-0.1, -0.05) is 42.2 Å². The van der Waals surface area contributed by atoms with Crippen molar-refractivity contribution >= 4 is 11.6 Å². The lowest BCUT2D eigenvalue weighted by molar-refractivity contribution is 0.356. The van der Waals surface area contributed by atoms with Crippen LogP contribution in [0.2, 0.25) is 5.02 Å². The molecule has 0 amide bonds. The number of benzene rings is 1. The Hall–Kier alpha value is -1.32. The highest BCUT2D eigenvalue weighted by Crippen LogP contribution is 2.25. The highest BCUT2D eigenvalue weighted by atomic mass is 35.5. The van der Waals surface area contributed by atoms with Gasteiger partial charge in [0, 0.05) is 16.7 Å². The second-order valence-electron chi connectivity index (χ2n) is 4.02. The molecule has 3 nitrogen and oxygen atoms in total. The Morgan fingerprint density at radius 2 is 2.24 bits per heavy atom. The standard InChI is InChI=1S/C13H15ClN2O/c1-2-4-11(15)13-8-12(16-17-13)9-5-3-6-10(14)7-9/h3,5-8,11H,2,4,15H2,1H3. The number of rotatable bonds is 4. The van der Waals surface area contributed by atoms with Crippen molar-refractivity contribution < 1.29 is 4.52 Å². The number of hydrogen-bond donors (Lipinski definition) is 1. The van der Waals surface area contributed by atoms with E-state index in [1.54, 1.807) is 0 Å². The SMILES string of the molecule is CCCC(N)c1cc(-c2cccc(Cl)c2)no1. The van der Waals surface area contributed by atoms with Crippen molar-refractivity contribution in [3.8, 4) is 11.3 Å². The third-order valence-corrected chi connectivity index (χ3v) is 2.85. The van der Waals surface area contributed by atoms with Crippen LogP contribution >= 0.6 is 11.6 Å². The minimum absolute atomic E-state index is 0.0829. The summed E-state index contributed by atoms with van der Waals surface area (Å²) in [6.45, 7) is 2.09. The molecule has 0 radical (unpaired) electrons. The summed E-state index contributed by atoms with van der Waals surface area (Å²) in [4.78, 5) is 0. The summed E-state index contributed by atoms with van der Waals surface area (Å²) in [5.74, 6) is 0.724. The minimum atomic E-state index is -0.0829. The van der Waals surface area contributed by atoms with Crippen LogP contribution in [0.4, 0.5) is 0 Å². The molecule has 0 saturated heterocycles. The quantitative estimate of drug-likeness (QED) is 0.898. The first-order chi connectivity index (χ1) is 8.20. The molecule has 1 atom stereocenters. The number of nitrogens with zero attached hydrogens (tertiary/aromatic N) is 1. The van der Waals surface area contributed by atoms with E-state index in [-0.39, 0.29) is 6.04 Å². The summed E-state index contributed by atoms with van der Waals surface area (Å²) in [7, 11) is 0. The van der Waals surface area contributed by atoms with Gasteiger partial charge in [-0.25, -0.2) is 0 Å². The molecule has 1 unspecified atom stereocenters. The molecule has 1 aromatic carbocycles. The Kier molecular flexibility index (Phi) is 3.82. The summed E-state index contributed by atoms with van der Waals surface area (Å²) in [6.07, 6.45) is 1.92. The number of hydrogen-bond acceptors (Lipinski definition) is 3. The first-order valence-electron chi connectivity index (χ1n) is 5.69. The smallest absolute Gasteiger partial charge is 0.154 e. The first-order valence-corrected chi connectivity index (χ1v) is 6.06. The monoisotopic (exact) mass is 250 g/mol. The Labute approximate surface area is 106 Å². The van der Waals surface area contributed by atoms with E-state index < -0.39 is 0 Å². The maximum Gasteiger partial charge on any atom is 0.154 e. The van der Waals surface area contributed by atoms with Crippen LogP contribution in [-0.4, -0.2) is 5.16 Å². The fourth-order valence-electron chi connectivity index (χ4n) is 1.70. The van der Waals surface area contributed by atoms with Crippen molar-refractivity contribution in [3.05, 3.63) is 41.1 Å². The maximum absolute atomic E-state index is 5.97. The van der Waals surface area contributed by atoms with E-state index in [1.807, 2.05) is 30.3 Å². The van der Waals surface area contributed by atoms with Gasteiger partial charge < -0.3 is 10.3 Å². The van der Waals surface area contributed by atoms with Crippen LogP contribution in [0, 0.1) is 0 Å². The predicted octanol–water partition coefficient (Wildman–Crippen LogP) is 3.79. The normalized spacial score (nSPS) is 12.6. The molecule has 4 heteroatoms. The van der Waals surface area contributed by atoms with Crippen LogP contribution in [0.5, 0.6) is 0 Å². The van der Waals surface area contributed by atoms with Crippen molar-refractivity contribution in [1.29, 1.82) is 0 Å². The summed E-state index contributed by atoms with van der Waals surface area (Å²) in [6, 6.07) is 9.31. The van der Waals surface area contributed by atoms with E-state index >= 15 is 0 Å². The molecule has 17 heavy (non-hydrogen) atoms. The van der Waals surface area contributed by atoms with Crippen molar-refractivity contribution in [1.82, 2.24) is 5.16 Å². The Balaban J connectivity index is 2.23. The van der Waals surface area contributed by atoms with E-state index in [0.29, 0.717) is 5.02 Å². The zero-order chi connectivity index (χ0) is 12.3. The summed E-state index contributed by atoms with van der Waals surface area (Å²) in [5, 5.41) is 4.70. The van der Waals surface area contributed by atoms with E-state index in [0.717, 1.165) is 29.9 Å². The molecule has 0 aliphatic carbocycles. The van der Waals surface area contributed by atoms with E-state index in [2.05, 4.69) is 12.1 Å². The lowest BCUT2D eigenvalue weighted by Crippen LogP contribution is -2.08. The molecule has 0 bridgehead atoms. The summed E-state index contributed by atoms with van der Waals surface area (Å²) >= 11 is 5.93. The third-order valence-electron chi connectivity index (χ3n) is 2.61. The second-order valence-corrected chi connectivity index (χ2v) is 4.46. The second kappa shape index (κ2) is 5.34. The van der Waals surface area contributed by atoms with Gasteiger partial charge in [-0.2, -0.15) is 0 Å². The minimum Gasteiger partial charge on any atom is -0.359 e. The Morgan fingerprint density at radius 1 is 1.41 bits per heavy atom. The topological polar surface area (TPSA) is 52.0 Å². The molecule has 2 N–H and O–H groups in total. The lowest BCUT2D eigenvalue weighted by atomic mass is 10.1. The van der Waals surface area contributed by atoms with Crippen LogP contribution in [-0.2, 0) is 0 Å².